The summed E-state index contributed by atoms with van der Waals surface area (Å²) >= 11 is 1.76. The minimum absolute atomic E-state index is 1.32. The summed E-state index contributed by atoms with van der Waals surface area (Å²) in [6, 6.07) is 11.2. The van der Waals surface area contributed by atoms with Crippen LogP contribution in [-0.2, 0) is 0 Å². The van der Waals surface area contributed by atoms with Crippen molar-refractivity contribution < 1.29 is 0 Å². The lowest BCUT2D eigenvalue weighted by Crippen LogP contribution is -1.57. The maximum Gasteiger partial charge on any atom is 0.0348 e. The van der Waals surface area contributed by atoms with Gasteiger partial charge in [-0.05, 0) is 29.0 Å². The molecule has 0 N–H and O–H groups in total. The van der Waals surface area contributed by atoms with Crippen LogP contribution < -0.4 is 0 Å². The largest absolute Gasteiger partial charge is 0.144 e. The molecule has 2 aromatic rings. The molecule has 0 saturated heterocycles. The highest BCUT2D eigenvalue weighted by Gasteiger charge is 1.88. The SMILES string of the molecule is [c]1ccc2ccsc2c1. The van der Waals surface area contributed by atoms with Crippen molar-refractivity contribution in [3.05, 3.63) is 35.7 Å². The van der Waals surface area contributed by atoms with E-state index in [0.717, 1.165) is 0 Å². The molecule has 0 bridgehead atoms. The summed E-state index contributed by atoms with van der Waals surface area (Å²) in [6.07, 6.45) is 0. The highest BCUT2D eigenvalue weighted by molar-refractivity contribution is 7.17. The molecule has 1 heteroatoms. The summed E-state index contributed by atoms with van der Waals surface area (Å²) < 4.78 is 1.32. The highest BCUT2D eigenvalue weighted by Crippen LogP contribution is 2.18. The molecule has 1 aromatic carbocycles. The van der Waals surface area contributed by atoms with Crippen molar-refractivity contribution in [2.45, 2.75) is 0 Å². The second kappa shape index (κ2) is 1.85. The van der Waals surface area contributed by atoms with Gasteiger partial charge in [-0.15, -0.1) is 11.3 Å². The van der Waals surface area contributed by atoms with Gasteiger partial charge in [0.2, 0.25) is 0 Å². The lowest BCUT2D eigenvalue weighted by Gasteiger charge is -1.81. The first-order valence-electron chi connectivity index (χ1n) is 2.80. The Bertz CT molecular complexity index is 279. The van der Waals surface area contributed by atoms with Gasteiger partial charge in [-0.2, -0.15) is 0 Å². The minimum Gasteiger partial charge on any atom is -0.144 e. The molecule has 1 radical (unpaired) electrons. The number of fused-ring (bicyclic) bond motifs is 1. The van der Waals surface area contributed by atoms with Crippen LogP contribution in [0, 0.1) is 6.07 Å². The molecule has 0 aliphatic rings. The Kier molecular flexibility index (Phi) is 1.03. The second-order valence-corrected chi connectivity index (χ2v) is 2.83. The van der Waals surface area contributed by atoms with Gasteiger partial charge >= 0.3 is 0 Å². The fourth-order valence-corrected chi connectivity index (χ4v) is 1.62. The summed E-state index contributed by atoms with van der Waals surface area (Å²) in [5.74, 6) is 0. The molecule has 0 unspecified atom stereocenters. The van der Waals surface area contributed by atoms with Gasteiger partial charge in [0.15, 0.2) is 0 Å². The Morgan fingerprint density at radius 2 is 2.33 bits per heavy atom. The number of hydrogen-bond acceptors (Lipinski definition) is 1. The molecule has 0 amide bonds. The van der Waals surface area contributed by atoms with E-state index in [1.54, 1.807) is 11.3 Å². The smallest absolute Gasteiger partial charge is 0.0348 e. The zero-order chi connectivity index (χ0) is 6.10. The van der Waals surface area contributed by atoms with Crippen molar-refractivity contribution in [1.82, 2.24) is 0 Å². The van der Waals surface area contributed by atoms with Crippen LogP contribution in [0.4, 0.5) is 0 Å². The molecule has 43 valence electrons. The van der Waals surface area contributed by atoms with Crippen LogP contribution in [0.5, 0.6) is 0 Å². The molecule has 0 saturated carbocycles. The molecule has 1 aromatic heterocycles. The van der Waals surface area contributed by atoms with Crippen molar-refractivity contribution in [2.75, 3.05) is 0 Å². The topological polar surface area (TPSA) is 0 Å². The van der Waals surface area contributed by atoms with Gasteiger partial charge in [0.05, 0.1) is 0 Å². The van der Waals surface area contributed by atoms with E-state index in [-0.39, 0.29) is 0 Å². The maximum absolute atomic E-state index is 3.03. The van der Waals surface area contributed by atoms with Crippen LogP contribution in [-0.4, -0.2) is 0 Å². The van der Waals surface area contributed by atoms with E-state index in [1.165, 1.54) is 10.1 Å². The molecule has 0 spiro atoms. The first kappa shape index (κ1) is 5.00. The van der Waals surface area contributed by atoms with Crippen molar-refractivity contribution in [3.63, 3.8) is 0 Å². The van der Waals surface area contributed by atoms with Crippen LogP contribution in [0.1, 0.15) is 0 Å². The first-order valence-corrected chi connectivity index (χ1v) is 3.68. The Hall–Kier alpha value is -0.820. The summed E-state index contributed by atoms with van der Waals surface area (Å²) in [5.41, 5.74) is 0. The Labute approximate surface area is 57.8 Å². The molecule has 0 fully saturated rings. The molecule has 9 heavy (non-hydrogen) atoms. The third-order valence-electron chi connectivity index (χ3n) is 1.30. The summed E-state index contributed by atoms with van der Waals surface area (Å²) in [6.45, 7) is 0. The average Bonchev–Trinajstić information content (AvgIpc) is 2.33. The minimum atomic E-state index is 1.32. The van der Waals surface area contributed by atoms with E-state index < -0.39 is 0 Å². The Balaban J connectivity index is 2.95. The molecule has 2 rings (SSSR count). The van der Waals surface area contributed by atoms with E-state index in [9.17, 15) is 0 Å². The average molecular weight is 133 g/mol. The van der Waals surface area contributed by atoms with Crippen LogP contribution in [0.3, 0.4) is 0 Å². The fourth-order valence-electron chi connectivity index (χ4n) is 0.848. The number of benzene rings is 1. The van der Waals surface area contributed by atoms with Crippen LogP contribution in [0.2, 0.25) is 0 Å². The van der Waals surface area contributed by atoms with Gasteiger partial charge in [-0.3, -0.25) is 0 Å². The lowest BCUT2D eigenvalue weighted by atomic mass is 10.3. The maximum atomic E-state index is 3.03. The van der Waals surface area contributed by atoms with E-state index in [1.807, 2.05) is 12.1 Å². The molecule has 0 nitrogen and oxygen atoms in total. The molecule has 1 heterocycles. The van der Waals surface area contributed by atoms with E-state index in [0.29, 0.717) is 0 Å². The lowest BCUT2D eigenvalue weighted by molar-refractivity contribution is 1.83. The number of hydrogen-bond donors (Lipinski definition) is 0. The summed E-state index contributed by atoms with van der Waals surface area (Å²) in [7, 11) is 0. The van der Waals surface area contributed by atoms with E-state index >= 15 is 0 Å². The normalized spacial score (nSPS) is 10.2. The molecular formula is C8H5S. The van der Waals surface area contributed by atoms with Crippen LogP contribution in [0.25, 0.3) is 10.1 Å². The van der Waals surface area contributed by atoms with Crippen LogP contribution in [0.15, 0.2) is 29.6 Å². The highest BCUT2D eigenvalue weighted by atomic mass is 32.1. The van der Waals surface area contributed by atoms with Gasteiger partial charge in [0, 0.05) is 4.70 Å². The Morgan fingerprint density at radius 1 is 1.33 bits per heavy atom. The quantitative estimate of drug-likeness (QED) is 0.518. The number of thiophene rings is 1. The molecule has 0 aliphatic heterocycles. The molecular weight excluding hydrogens is 128 g/mol. The van der Waals surface area contributed by atoms with Crippen LogP contribution >= 0.6 is 11.3 Å². The summed E-state index contributed by atoms with van der Waals surface area (Å²) in [4.78, 5) is 0. The van der Waals surface area contributed by atoms with Gasteiger partial charge < -0.3 is 0 Å². The van der Waals surface area contributed by atoms with Crippen molar-refractivity contribution >= 4 is 21.4 Å². The predicted molar refractivity (Wildman–Crippen MR) is 40.7 cm³/mol. The van der Waals surface area contributed by atoms with Crippen molar-refractivity contribution in [1.29, 1.82) is 0 Å². The molecule has 0 aliphatic carbocycles. The van der Waals surface area contributed by atoms with E-state index in [2.05, 4.69) is 23.6 Å². The zero-order valence-corrected chi connectivity index (χ0v) is 5.61. The van der Waals surface area contributed by atoms with Gasteiger partial charge in [-0.1, -0.05) is 12.1 Å². The second-order valence-electron chi connectivity index (χ2n) is 1.88. The zero-order valence-electron chi connectivity index (χ0n) is 4.79. The first-order chi connectivity index (χ1) is 4.47. The van der Waals surface area contributed by atoms with E-state index in [4.69, 9.17) is 0 Å². The van der Waals surface area contributed by atoms with Gasteiger partial charge in [-0.25, -0.2) is 0 Å². The third-order valence-corrected chi connectivity index (χ3v) is 2.18. The predicted octanol–water partition coefficient (Wildman–Crippen LogP) is 2.70. The third kappa shape index (κ3) is 0.736. The number of rotatable bonds is 0. The van der Waals surface area contributed by atoms with Gasteiger partial charge in [0.25, 0.3) is 0 Å². The van der Waals surface area contributed by atoms with Gasteiger partial charge in [0.1, 0.15) is 0 Å². The Morgan fingerprint density at radius 3 is 3.22 bits per heavy atom. The standard InChI is InChI=1S/C8H5S/c1-2-4-8-7(3-1)5-6-9-8/h1,3-6H. The fraction of sp³-hybridized carbons (Fsp3) is 0. The molecule has 0 atom stereocenters. The summed E-state index contributed by atoms with van der Waals surface area (Å²) in [5, 5.41) is 3.41. The monoisotopic (exact) mass is 133 g/mol. The van der Waals surface area contributed by atoms with Crippen molar-refractivity contribution in [2.24, 2.45) is 0 Å². The van der Waals surface area contributed by atoms with Crippen molar-refractivity contribution in [3.8, 4) is 0 Å².